The predicted molar refractivity (Wildman–Crippen MR) is 113 cm³/mol. The highest BCUT2D eigenvalue weighted by Gasteiger charge is 2.55. The number of thiocarbonyl (C=S) groups is 1. The molecule has 27 heavy (non-hydrogen) atoms. The van der Waals surface area contributed by atoms with Crippen LogP contribution in [0.1, 0.15) is 49.0 Å². The van der Waals surface area contributed by atoms with Crippen LogP contribution in [-0.4, -0.2) is 21.1 Å². The van der Waals surface area contributed by atoms with Crippen LogP contribution in [0.3, 0.4) is 0 Å². The minimum atomic E-state index is -0.286. The lowest BCUT2D eigenvalue weighted by molar-refractivity contribution is -0.152. The van der Waals surface area contributed by atoms with Crippen molar-refractivity contribution in [3.8, 4) is 0 Å². The number of hydrazine groups is 1. The van der Waals surface area contributed by atoms with Gasteiger partial charge in [0.15, 0.2) is 4.32 Å². The molecular formula is C20H22N2O2S3. The van der Waals surface area contributed by atoms with E-state index in [1.807, 2.05) is 24.4 Å². The Bertz CT molecular complexity index is 837. The summed E-state index contributed by atoms with van der Waals surface area (Å²) in [5, 5.41) is 3.31. The van der Waals surface area contributed by atoms with Gasteiger partial charge in [-0.1, -0.05) is 11.8 Å². The van der Waals surface area contributed by atoms with Crippen molar-refractivity contribution in [2.75, 3.05) is 0 Å². The molecule has 0 aromatic carbocycles. The zero-order chi connectivity index (χ0) is 18.8. The highest BCUT2D eigenvalue weighted by atomic mass is 32.2. The zero-order valence-corrected chi connectivity index (χ0v) is 17.6. The third kappa shape index (κ3) is 2.98. The van der Waals surface area contributed by atoms with E-state index in [1.54, 1.807) is 11.3 Å². The van der Waals surface area contributed by atoms with Crippen molar-refractivity contribution in [3.05, 3.63) is 26.8 Å². The Labute approximate surface area is 172 Å². The van der Waals surface area contributed by atoms with Crippen LogP contribution in [-0.2, 0) is 9.59 Å². The van der Waals surface area contributed by atoms with E-state index in [0.29, 0.717) is 27.0 Å². The SMILES string of the molecule is Cc1ccsc1/C=C1/SC(=S)N(NC(=O)C23CC4CC(CC(C4)C2)C3)C1=O. The first kappa shape index (κ1) is 17.9. The summed E-state index contributed by atoms with van der Waals surface area (Å²) in [6.45, 7) is 2.03. The average molecular weight is 419 g/mol. The Morgan fingerprint density at radius 1 is 1.26 bits per heavy atom. The Morgan fingerprint density at radius 2 is 1.89 bits per heavy atom. The van der Waals surface area contributed by atoms with Crippen LogP contribution in [0.4, 0.5) is 0 Å². The molecule has 4 nitrogen and oxygen atoms in total. The first-order valence-electron chi connectivity index (χ1n) is 9.57. The summed E-state index contributed by atoms with van der Waals surface area (Å²) in [7, 11) is 0. The summed E-state index contributed by atoms with van der Waals surface area (Å²) < 4.78 is 0.415. The molecule has 0 radical (unpaired) electrons. The highest BCUT2D eigenvalue weighted by Crippen LogP contribution is 2.60. The monoisotopic (exact) mass is 418 g/mol. The van der Waals surface area contributed by atoms with E-state index in [2.05, 4.69) is 5.43 Å². The molecule has 4 saturated carbocycles. The Morgan fingerprint density at radius 3 is 2.44 bits per heavy atom. The molecule has 1 aromatic rings. The summed E-state index contributed by atoms with van der Waals surface area (Å²) in [5.74, 6) is 1.86. The lowest BCUT2D eigenvalue weighted by Gasteiger charge is -2.55. The third-order valence-electron chi connectivity index (χ3n) is 6.69. The molecule has 1 N–H and O–H groups in total. The van der Waals surface area contributed by atoms with Crippen molar-refractivity contribution >= 4 is 57.5 Å². The maximum absolute atomic E-state index is 13.2. The molecule has 2 amide bonds. The van der Waals surface area contributed by atoms with E-state index in [4.69, 9.17) is 12.2 Å². The van der Waals surface area contributed by atoms with Crippen LogP contribution in [0.5, 0.6) is 0 Å². The van der Waals surface area contributed by atoms with Crippen molar-refractivity contribution in [2.45, 2.75) is 45.4 Å². The molecule has 0 atom stereocenters. The van der Waals surface area contributed by atoms with Gasteiger partial charge in [-0.2, -0.15) is 5.01 Å². The lowest BCUT2D eigenvalue weighted by atomic mass is 9.49. The molecular weight excluding hydrogens is 396 g/mol. The van der Waals surface area contributed by atoms with Gasteiger partial charge in [-0.15, -0.1) is 11.3 Å². The van der Waals surface area contributed by atoms with Crippen molar-refractivity contribution in [1.29, 1.82) is 0 Å². The second-order valence-electron chi connectivity index (χ2n) is 8.62. The van der Waals surface area contributed by atoms with E-state index < -0.39 is 0 Å². The standard InChI is InChI=1S/C20H22N2O2S3/c1-11-2-3-26-15(11)7-16-17(23)22(19(25)27-16)21-18(24)20-8-12-4-13(9-20)6-14(5-12)10-20/h2-3,7,12-14H,4-6,8-10H2,1H3,(H,21,24)/b16-7+. The molecule has 7 heteroatoms. The molecule has 4 bridgehead atoms. The number of nitrogens with zero attached hydrogens (tertiary/aromatic N) is 1. The zero-order valence-electron chi connectivity index (χ0n) is 15.2. The first-order chi connectivity index (χ1) is 12.9. The molecule has 142 valence electrons. The van der Waals surface area contributed by atoms with E-state index in [9.17, 15) is 9.59 Å². The van der Waals surface area contributed by atoms with Crippen molar-refractivity contribution < 1.29 is 9.59 Å². The van der Waals surface area contributed by atoms with Gasteiger partial charge < -0.3 is 0 Å². The van der Waals surface area contributed by atoms with E-state index in [1.165, 1.54) is 36.0 Å². The van der Waals surface area contributed by atoms with Gasteiger partial charge in [0.05, 0.1) is 10.3 Å². The van der Waals surface area contributed by atoms with Crippen LogP contribution in [0.15, 0.2) is 16.4 Å². The minimum absolute atomic E-state index is 0.00598. The van der Waals surface area contributed by atoms with E-state index in [-0.39, 0.29) is 17.2 Å². The summed E-state index contributed by atoms with van der Waals surface area (Å²) in [4.78, 5) is 27.7. The van der Waals surface area contributed by atoms with Crippen LogP contribution >= 0.6 is 35.3 Å². The average Bonchev–Trinajstić information content (AvgIpc) is 3.12. The van der Waals surface area contributed by atoms with Crippen LogP contribution < -0.4 is 5.43 Å². The van der Waals surface area contributed by atoms with Crippen LogP contribution in [0, 0.1) is 30.1 Å². The second-order valence-corrected chi connectivity index (χ2v) is 11.2. The Hall–Kier alpha value is -1.18. The van der Waals surface area contributed by atoms with Crippen LogP contribution in [0.25, 0.3) is 6.08 Å². The van der Waals surface area contributed by atoms with Crippen molar-refractivity contribution in [3.63, 3.8) is 0 Å². The first-order valence-corrected chi connectivity index (χ1v) is 11.7. The number of carbonyl (C=O) groups excluding carboxylic acids is 2. The number of rotatable bonds is 3. The number of carbonyl (C=O) groups is 2. The molecule has 5 aliphatic rings. The van der Waals surface area contributed by atoms with Gasteiger partial charge >= 0.3 is 0 Å². The largest absolute Gasteiger partial charge is 0.285 e. The second kappa shape index (κ2) is 6.42. The van der Waals surface area contributed by atoms with E-state index in [0.717, 1.165) is 29.7 Å². The maximum Gasteiger partial charge on any atom is 0.285 e. The summed E-state index contributed by atoms with van der Waals surface area (Å²) >= 11 is 8.27. The fraction of sp³-hybridized carbons (Fsp3) is 0.550. The fourth-order valence-electron chi connectivity index (χ4n) is 5.82. The third-order valence-corrected chi connectivity index (χ3v) is 8.96. The Kier molecular flexibility index (Phi) is 4.26. The number of aryl methyl sites for hydroxylation is 1. The Balaban J connectivity index is 1.34. The van der Waals surface area contributed by atoms with Crippen LogP contribution in [0.2, 0.25) is 0 Å². The molecule has 0 unspecified atom stereocenters. The van der Waals surface area contributed by atoms with Gasteiger partial charge in [0.2, 0.25) is 5.91 Å². The summed E-state index contributed by atoms with van der Waals surface area (Å²) in [6, 6.07) is 2.03. The van der Waals surface area contributed by atoms with Gasteiger partial charge in [-0.3, -0.25) is 15.0 Å². The number of thioether (sulfide) groups is 1. The number of hydrogen-bond donors (Lipinski definition) is 1. The predicted octanol–water partition coefficient (Wildman–Crippen LogP) is 4.51. The molecule has 0 spiro atoms. The number of thiophene rings is 1. The van der Waals surface area contributed by atoms with Gasteiger partial charge in [0.1, 0.15) is 0 Å². The lowest BCUT2D eigenvalue weighted by Crippen LogP contribution is -2.57. The number of nitrogens with one attached hydrogen (secondary N) is 1. The molecule has 1 saturated heterocycles. The van der Waals surface area contributed by atoms with Gasteiger partial charge in [-0.05, 0) is 98.5 Å². The topological polar surface area (TPSA) is 49.4 Å². The molecule has 1 aromatic heterocycles. The number of amides is 2. The quantitative estimate of drug-likeness (QED) is 0.580. The van der Waals surface area contributed by atoms with Gasteiger partial charge in [-0.25, -0.2) is 0 Å². The van der Waals surface area contributed by atoms with Crippen molar-refractivity contribution in [1.82, 2.24) is 10.4 Å². The summed E-state index contributed by atoms with van der Waals surface area (Å²) in [6.07, 6.45) is 8.68. The fourth-order valence-corrected chi connectivity index (χ4v) is 7.92. The molecule has 2 heterocycles. The normalized spacial score (nSPS) is 36.1. The maximum atomic E-state index is 13.2. The van der Waals surface area contributed by atoms with E-state index >= 15 is 0 Å². The molecule has 1 aliphatic heterocycles. The molecule has 6 rings (SSSR count). The number of hydrogen-bond acceptors (Lipinski definition) is 5. The summed E-state index contributed by atoms with van der Waals surface area (Å²) in [5.41, 5.74) is 3.76. The van der Waals surface area contributed by atoms with Gasteiger partial charge in [0.25, 0.3) is 5.91 Å². The van der Waals surface area contributed by atoms with Gasteiger partial charge in [0, 0.05) is 4.88 Å². The smallest absolute Gasteiger partial charge is 0.273 e. The molecule has 4 aliphatic carbocycles. The van der Waals surface area contributed by atoms with Crippen molar-refractivity contribution in [2.24, 2.45) is 23.2 Å². The minimum Gasteiger partial charge on any atom is -0.273 e. The molecule has 5 fully saturated rings. The highest BCUT2D eigenvalue weighted by molar-refractivity contribution is 8.26.